The molecule has 1 fully saturated rings. The van der Waals surface area contributed by atoms with Crippen LogP contribution in [-0.4, -0.2) is 47.6 Å². The van der Waals surface area contributed by atoms with E-state index < -0.39 is 0 Å². The van der Waals surface area contributed by atoms with E-state index in [4.69, 9.17) is 9.47 Å². The van der Waals surface area contributed by atoms with Gasteiger partial charge in [0.15, 0.2) is 5.82 Å². The number of rotatable bonds is 6. The van der Waals surface area contributed by atoms with E-state index in [2.05, 4.69) is 26.3 Å². The first-order valence-corrected chi connectivity index (χ1v) is 8.68. The summed E-state index contributed by atoms with van der Waals surface area (Å²) < 4.78 is 11.3. The summed E-state index contributed by atoms with van der Waals surface area (Å²) in [7, 11) is 1.69. The average Bonchev–Trinajstić information content (AvgIpc) is 2.67. The molecule has 1 N–H and O–H groups in total. The van der Waals surface area contributed by atoms with Crippen LogP contribution in [0.5, 0.6) is 5.75 Å². The monoisotopic (exact) mass is 356 g/mol. The van der Waals surface area contributed by atoms with Crippen LogP contribution in [0.1, 0.15) is 30.1 Å². The maximum atomic E-state index is 11.1. The molecule has 0 unspecified atom stereocenters. The summed E-state index contributed by atoms with van der Waals surface area (Å²) in [5, 5.41) is 2.75. The van der Waals surface area contributed by atoms with Crippen LogP contribution in [0.3, 0.4) is 0 Å². The van der Waals surface area contributed by atoms with Gasteiger partial charge in [0, 0.05) is 38.3 Å². The molecule has 138 valence electrons. The second-order valence-corrected chi connectivity index (χ2v) is 6.22. The van der Waals surface area contributed by atoms with Gasteiger partial charge in [-0.3, -0.25) is 9.69 Å². The van der Waals surface area contributed by atoms with Crippen LogP contribution >= 0.6 is 0 Å². The molecule has 2 aromatic rings. The minimum absolute atomic E-state index is 0.0814. The van der Waals surface area contributed by atoms with Crippen molar-refractivity contribution >= 4 is 5.91 Å². The van der Waals surface area contributed by atoms with Crippen molar-refractivity contribution in [2.24, 2.45) is 0 Å². The number of hydrogen-bond acceptors (Lipinski definition) is 6. The van der Waals surface area contributed by atoms with E-state index >= 15 is 0 Å². The number of methoxy groups -OCH3 is 1. The third kappa shape index (κ3) is 4.77. The number of hydrogen-bond donors (Lipinski definition) is 1. The second-order valence-electron chi connectivity index (χ2n) is 6.22. The Morgan fingerprint density at radius 2 is 2.23 bits per heavy atom. The SMILES string of the molecule is COc1ccccc1CN1CCO[C@H](c2nccc(CNC(C)=O)n2)C1. The Bertz CT molecular complexity index is 753. The van der Waals surface area contributed by atoms with E-state index in [0.29, 0.717) is 25.5 Å². The highest BCUT2D eigenvalue weighted by molar-refractivity contribution is 5.72. The van der Waals surface area contributed by atoms with Crippen LogP contribution in [-0.2, 0) is 22.6 Å². The molecule has 3 rings (SSSR count). The lowest BCUT2D eigenvalue weighted by molar-refractivity contribution is -0.119. The summed E-state index contributed by atoms with van der Waals surface area (Å²) in [6, 6.07) is 9.84. The highest BCUT2D eigenvalue weighted by atomic mass is 16.5. The van der Waals surface area contributed by atoms with Gasteiger partial charge in [-0.25, -0.2) is 9.97 Å². The number of morpholine rings is 1. The van der Waals surface area contributed by atoms with Gasteiger partial charge in [0.25, 0.3) is 0 Å². The number of carbonyl (C=O) groups is 1. The molecule has 26 heavy (non-hydrogen) atoms. The number of amides is 1. The molecule has 1 aromatic heterocycles. The van der Waals surface area contributed by atoms with Crippen molar-refractivity contribution in [1.29, 1.82) is 0 Å². The molecular formula is C19H24N4O3. The first-order chi connectivity index (χ1) is 12.7. The molecule has 1 atom stereocenters. The molecule has 0 spiro atoms. The Morgan fingerprint density at radius 1 is 1.38 bits per heavy atom. The van der Waals surface area contributed by atoms with Gasteiger partial charge in [-0.1, -0.05) is 18.2 Å². The Labute approximate surface area is 153 Å². The van der Waals surface area contributed by atoms with Gasteiger partial charge >= 0.3 is 0 Å². The molecule has 1 aromatic carbocycles. The van der Waals surface area contributed by atoms with E-state index in [1.165, 1.54) is 6.92 Å². The topological polar surface area (TPSA) is 76.6 Å². The predicted octanol–water partition coefficient (Wildman–Crippen LogP) is 1.69. The quantitative estimate of drug-likeness (QED) is 0.849. The number of nitrogens with zero attached hydrogens (tertiary/aromatic N) is 3. The van der Waals surface area contributed by atoms with Gasteiger partial charge in [0.2, 0.25) is 5.91 Å². The summed E-state index contributed by atoms with van der Waals surface area (Å²) in [6.07, 6.45) is 1.53. The number of aromatic nitrogens is 2. The smallest absolute Gasteiger partial charge is 0.217 e. The van der Waals surface area contributed by atoms with Gasteiger partial charge in [-0.15, -0.1) is 0 Å². The molecule has 1 saturated heterocycles. The molecule has 1 aliphatic rings. The van der Waals surface area contributed by atoms with Crippen LogP contribution in [0.15, 0.2) is 36.5 Å². The Hall–Kier alpha value is -2.51. The molecule has 7 heteroatoms. The fraction of sp³-hybridized carbons (Fsp3) is 0.421. The molecule has 1 amide bonds. The van der Waals surface area contributed by atoms with Gasteiger partial charge in [-0.2, -0.15) is 0 Å². The molecule has 2 heterocycles. The van der Waals surface area contributed by atoms with E-state index in [1.807, 2.05) is 18.2 Å². The Balaban J connectivity index is 1.66. The maximum Gasteiger partial charge on any atom is 0.217 e. The first-order valence-electron chi connectivity index (χ1n) is 8.68. The highest BCUT2D eigenvalue weighted by Gasteiger charge is 2.25. The minimum Gasteiger partial charge on any atom is -0.496 e. The Morgan fingerprint density at radius 3 is 3.04 bits per heavy atom. The van der Waals surface area contributed by atoms with E-state index in [1.54, 1.807) is 19.4 Å². The fourth-order valence-electron chi connectivity index (χ4n) is 2.96. The van der Waals surface area contributed by atoms with Crippen molar-refractivity contribution in [2.75, 3.05) is 26.8 Å². The lowest BCUT2D eigenvalue weighted by atomic mass is 10.1. The number of ether oxygens (including phenoxy) is 2. The van der Waals surface area contributed by atoms with E-state index in [0.717, 1.165) is 30.1 Å². The maximum absolute atomic E-state index is 11.1. The molecule has 0 bridgehead atoms. The van der Waals surface area contributed by atoms with Crippen molar-refractivity contribution in [2.45, 2.75) is 26.1 Å². The van der Waals surface area contributed by atoms with E-state index in [-0.39, 0.29) is 12.0 Å². The molecule has 7 nitrogen and oxygen atoms in total. The molecule has 1 aliphatic heterocycles. The molecule has 0 saturated carbocycles. The molecule has 0 aliphatic carbocycles. The average molecular weight is 356 g/mol. The summed E-state index contributed by atoms with van der Waals surface area (Å²) in [5.74, 6) is 1.46. The Kier molecular flexibility index (Phi) is 6.14. The normalized spacial score (nSPS) is 17.7. The lowest BCUT2D eigenvalue weighted by Crippen LogP contribution is -2.38. The van der Waals surface area contributed by atoms with Gasteiger partial charge in [0.05, 0.1) is 26.0 Å². The largest absolute Gasteiger partial charge is 0.496 e. The van der Waals surface area contributed by atoms with Gasteiger partial charge < -0.3 is 14.8 Å². The van der Waals surface area contributed by atoms with Crippen LogP contribution in [0.4, 0.5) is 0 Å². The number of para-hydroxylation sites is 1. The zero-order chi connectivity index (χ0) is 18.4. The van der Waals surface area contributed by atoms with Crippen molar-refractivity contribution < 1.29 is 14.3 Å². The van der Waals surface area contributed by atoms with Gasteiger partial charge in [-0.05, 0) is 12.1 Å². The predicted molar refractivity (Wildman–Crippen MR) is 96.5 cm³/mol. The number of carbonyl (C=O) groups excluding carboxylic acids is 1. The molecular weight excluding hydrogens is 332 g/mol. The number of nitrogens with one attached hydrogen (secondary N) is 1. The zero-order valence-corrected chi connectivity index (χ0v) is 15.1. The second kappa shape index (κ2) is 8.73. The summed E-state index contributed by atoms with van der Waals surface area (Å²) in [6.45, 7) is 4.85. The van der Waals surface area contributed by atoms with Crippen molar-refractivity contribution in [3.05, 3.63) is 53.6 Å². The van der Waals surface area contributed by atoms with Crippen molar-refractivity contribution in [3.8, 4) is 5.75 Å². The van der Waals surface area contributed by atoms with Crippen molar-refractivity contribution in [3.63, 3.8) is 0 Å². The highest BCUT2D eigenvalue weighted by Crippen LogP contribution is 2.24. The molecule has 0 radical (unpaired) electrons. The lowest BCUT2D eigenvalue weighted by Gasteiger charge is -2.32. The first kappa shape index (κ1) is 18.3. The van der Waals surface area contributed by atoms with Crippen LogP contribution in [0.25, 0.3) is 0 Å². The third-order valence-corrected chi connectivity index (χ3v) is 4.28. The van der Waals surface area contributed by atoms with Crippen LogP contribution in [0.2, 0.25) is 0 Å². The van der Waals surface area contributed by atoms with Crippen LogP contribution < -0.4 is 10.1 Å². The standard InChI is InChI=1S/C19H24N4O3/c1-14(24)21-11-16-7-8-20-19(22-16)18-13-23(9-10-26-18)12-15-5-3-4-6-17(15)25-2/h3-8,18H,9-13H2,1-2H3,(H,21,24)/t18-/m0/s1. The summed E-state index contributed by atoms with van der Waals surface area (Å²) >= 11 is 0. The third-order valence-electron chi connectivity index (χ3n) is 4.28. The summed E-state index contributed by atoms with van der Waals surface area (Å²) in [4.78, 5) is 22.3. The zero-order valence-electron chi connectivity index (χ0n) is 15.1. The van der Waals surface area contributed by atoms with Crippen LogP contribution in [0, 0.1) is 0 Å². The van der Waals surface area contributed by atoms with E-state index in [9.17, 15) is 4.79 Å². The summed E-state index contributed by atoms with van der Waals surface area (Å²) in [5.41, 5.74) is 1.92. The van der Waals surface area contributed by atoms with Crippen molar-refractivity contribution in [1.82, 2.24) is 20.2 Å². The number of benzene rings is 1. The van der Waals surface area contributed by atoms with Gasteiger partial charge in [0.1, 0.15) is 11.9 Å². The minimum atomic E-state index is -0.185. The fourth-order valence-corrected chi connectivity index (χ4v) is 2.96.